The first-order chi connectivity index (χ1) is 13.4. The second-order valence-electron chi connectivity index (χ2n) is 7.30. The van der Waals surface area contributed by atoms with Gasteiger partial charge in [0.2, 0.25) is 10.0 Å². The fourth-order valence-corrected chi connectivity index (χ4v) is 5.46. The van der Waals surface area contributed by atoms with Gasteiger partial charge in [-0.1, -0.05) is 5.16 Å². The van der Waals surface area contributed by atoms with Crippen molar-refractivity contribution in [3.63, 3.8) is 0 Å². The molecule has 152 valence electrons. The van der Waals surface area contributed by atoms with Crippen molar-refractivity contribution in [2.24, 2.45) is 0 Å². The monoisotopic (exact) mass is 407 g/mol. The Hall–Kier alpha value is -2.10. The van der Waals surface area contributed by atoms with E-state index in [1.54, 1.807) is 22.5 Å². The Morgan fingerprint density at radius 3 is 2.54 bits per heavy atom. The van der Waals surface area contributed by atoms with Crippen molar-refractivity contribution in [2.75, 3.05) is 26.3 Å². The van der Waals surface area contributed by atoms with Crippen LogP contribution in [0, 0.1) is 6.92 Å². The smallest absolute Gasteiger partial charge is 0.243 e. The van der Waals surface area contributed by atoms with Gasteiger partial charge in [0, 0.05) is 43.9 Å². The van der Waals surface area contributed by atoms with E-state index in [9.17, 15) is 8.42 Å². The molecule has 0 amide bonds. The topological polar surface area (TPSA) is 85.1 Å². The van der Waals surface area contributed by atoms with E-state index in [1.165, 1.54) is 0 Å². The fraction of sp³-hybridized carbons (Fsp3) is 0.526. The molecule has 8 nitrogen and oxygen atoms in total. The summed E-state index contributed by atoms with van der Waals surface area (Å²) in [6, 6.07) is 6.59. The van der Waals surface area contributed by atoms with Gasteiger partial charge in [-0.3, -0.25) is 4.90 Å². The maximum atomic E-state index is 13.3. The van der Waals surface area contributed by atoms with Crippen molar-refractivity contribution < 1.29 is 22.4 Å². The van der Waals surface area contributed by atoms with E-state index < -0.39 is 10.0 Å². The summed E-state index contributed by atoms with van der Waals surface area (Å²) in [6.07, 6.45) is 0. The van der Waals surface area contributed by atoms with Crippen LogP contribution < -0.4 is 9.47 Å². The van der Waals surface area contributed by atoms with Gasteiger partial charge in [-0.2, -0.15) is 4.31 Å². The number of sulfonamides is 1. The largest absolute Gasteiger partial charge is 0.486 e. The first-order valence-corrected chi connectivity index (χ1v) is 10.9. The van der Waals surface area contributed by atoms with Crippen LogP contribution in [-0.4, -0.2) is 61.2 Å². The fourth-order valence-electron chi connectivity index (χ4n) is 3.76. The minimum absolute atomic E-state index is 0.0396. The van der Waals surface area contributed by atoms with Crippen molar-refractivity contribution in [1.29, 1.82) is 0 Å². The molecule has 2 aromatic rings. The highest BCUT2D eigenvalue weighted by Crippen LogP contribution is 2.34. The minimum Gasteiger partial charge on any atom is -0.486 e. The SMILES string of the molecule is Cc1cc(CN2CCN(S(=O)(=O)c3ccc4c(c3)OCCO4)[C@H](C)[C@H]2C)no1. The number of nitrogens with zero attached hydrogens (tertiary/aromatic N) is 3. The predicted molar refractivity (Wildman–Crippen MR) is 102 cm³/mol. The summed E-state index contributed by atoms with van der Waals surface area (Å²) in [7, 11) is -3.63. The van der Waals surface area contributed by atoms with Crippen LogP contribution in [0.2, 0.25) is 0 Å². The normalized spacial score (nSPS) is 23.7. The van der Waals surface area contributed by atoms with Gasteiger partial charge in [-0.15, -0.1) is 0 Å². The molecule has 0 spiro atoms. The molecule has 2 aliphatic heterocycles. The summed E-state index contributed by atoms with van der Waals surface area (Å²) in [4.78, 5) is 2.47. The van der Waals surface area contributed by atoms with Crippen molar-refractivity contribution in [2.45, 2.75) is 44.3 Å². The van der Waals surface area contributed by atoms with E-state index in [0.717, 1.165) is 11.5 Å². The molecule has 1 aromatic heterocycles. The highest BCUT2D eigenvalue weighted by molar-refractivity contribution is 7.89. The first-order valence-electron chi connectivity index (χ1n) is 9.44. The lowest BCUT2D eigenvalue weighted by molar-refractivity contribution is 0.0767. The van der Waals surface area contributed by atoms with Crippen LogP contribution in [-0.2, 0) is 16.6 Å². The third kappa shape index (κ3) is 3.49. The number of benzene rings is 1. The highest BCUT2D eigenvalue weighted by Gasteiger charge is 2.38. The number of ether oxygens (including phenoxy) is 2. The van der Waals surface area contributed by atoms with Crippen molar-refractivity contribution in [3.8, 4) is 11.5 Å². The van der Waals surface area contributed by atoms with Gasteiger partial charge in [0.25, 0.3) is 0 Å². The number of aromatic nitrogens is 1. The van der Waals surface area contributed by atoms with E-state index in [4.69, 9.17) is 14.0 Å². The number of piperazine rings is 1. The molecule has 2 aliphatic rings. The molecule has 0 bridgehead atoms. The molecular formula is C19H25N3O5S. The lowest BCUT2D eigenvalue weighted by Gasteiger charge is -2.43. The third-order valence-corrected chi connectivity index (χ3v) is 7.48. The summed E-state index contributed by atoms with van der Waals surface area (Å²) >= 11 is 0. The Bertz CT molecular complexity index is 958. The lowest BCUT2D eigenvalue weighted by Crippen LogP contribution is -2.58. The van der Waals surface area contributed by atoms with Crippen LogP contribution in [0.15, 0.2) is 33.7 Å². The van der Waals surface area contributed by atoms with Gasteiger partial charge >= 0.3 is 0 Å². The molecule has 0 N–H and O–H groups in total. The maximum Gasteiger partial charge on any atom is 0.243 e. The van der Waals surface area contributed by atoms with Crippen LogP contribution in [0.1, 0.15) is 25.3 Å². The zero-order chi connectivity index (χ0) is 19.9. The standard InChI is InChI=1S/C19H25N3O5S/c1-13-10-16(20-27-13)12-21-6-7-22(15(3)14(21)2)28(23,24)17-4-5-18-19(11-17)26-9-8-25-18/h4-5,10-11,14-15H,6-9,12H2,1-3H3/t14-,15-/m1/s1. The van der Waals surface area contributed by atoms with E-state index in [1.807, 2.05) is 26.8 Å². The van der Waals surface area contributed by atoms with Gasteiger partial charge in [0.1, 0.15) is 19.0 Å². The van der Waals surface area contributed by atoms with E-state index in [-0.39, 0.29) is 17.0 Å². The number of fused-ring (bicyclic) bond motifs is 1. The Labute approximate surface area is 165 Å². The molecule has 28 heavy (non-hydrogen) atoms. The summed E-state index contributed by atoms with van der Waals surface area (Å²) in [5, 5.41) is 4.05. The van der Waals surface area contributed by atoms with E-state index in [0.29, 0.717) is 44.3 Å². The molecule has 0 aliphatic carbocycles. The molecule has 1 fully saturated rings. The number of aryl methyl sites for hydroxylation is 1. The van der Waals surface area contributed by atoms with Crippen LogP contribution in [0.3, 0.4) is 0 Å². The van der Waals surface area contributed by atoms with Crippen molar-refractivity contribution in [3.05, 3.63) is 35.7 Å². The molecular weight excluding hydrogens is 382 g/mol. The summed E-state index contributed by atoms with van der Waals surface area (Å²) < 4.78 is 44.3. The molecule has 0 radical (unpaired) electrons. The predicted octanol–water partition coefficient (Wildman–Crippen LogP) is 2.04. The Balaban J connectivity index is 1.53. The molecule has 3 heterocycles. The van der Waals surface area contributed by atoms with Crippen molar-refractivity contribution in [1.82, 2.24) is 14.4 Å². The highest BCUT2D eigenvalue weighted by atomic mass is 32.2. The molecule has 0 unspecified atom stereocenters. The molecule has 4 rings (SSSR count). The second-order valence-corrected chi connectivity index (χ2v) is 9.19. The van der Waals surface area contributed by atoms with E-state index >= 15 is 0 Å². The quantitative estimate of drug-likeness (QED) is 0.767. The van der Waals surface area contributed by atoms with Crippen molar-refractivity contribution >= 4 is 10.0 Å². The molecule has 1 aromatic carbocycles. The van der Waals surface area contributed by atoms with Crippen LogP contribution in [0.4, 0.5) is 0 Å². The molecule has 2 atom stereocenters. The zero-order valence-corrected chi connectivity index (χ0v) is 17.1. The summed E-state index contributed by atoms with van der Waals surface area (Å²) in [5.74, 6) is 1.84. The van der Waals surface area contributed by atoms with Gasteiger partial charge < -0.3 is 14.0 Å². The van der Waals surface area contributed by atoms with Crippen LogP contribution in [0.25, 0.3) is 0 Å². The maximum absolute atomic E-state index is 13.3. The average molecular weight is 407 g/mol. The second kappa shape index (κ2) is 7.38. The van der Waals surface area contributed by atoms with Gasteiger partial charge in [0.05, 0.1) is 10.6 Å². The zero-order valence-electron chi connectivity index (χ0n) is 16.3. The van der Waals surface area contributed by atoms with E-state index in [2.05, 4.69) is 10.1 Å². The lowest BCUT2D eigenvalue weighted by atomic mass is 10.1. The number of hydrogen-bond acceptors (Lipinski definition) is 7. The Morgan fingerprint density at radius 1 is 1.07 bits per heavy atom. The molecule has 1 saturated heterocycles. The first kappa shape index (κ1) is 19.2. The molecule has 9 heteroatoms. The molecule has 0 saturated carbocycles. The Kier molecular flexibility index (Phi) is 5.07. The third-order valence-electron chi connectivity index (χ3n) is 5.50. The number of hydrogen-bond donors (Lipinski definition) is 0. The van der Waals surface area contributed by atoms with Gasteiger partial charge in [0.15, 0.2) is 11.5 Å². The van der Waals surface area contributed by atoms with Crippen LogP contribution in [0.5, 0.6) is 11.5 Å². The van der Waals surface area contributed by atoms with Crippen LogP contribution >= 0.6 is 0 Å². The number of rotatable bonds is 4. The minimum atomic E-state index is -3.63. The van der Waals surface area contributed by atoms with Gasteiger partial charge in [-0.25, -0.2) is 8.42 Å². The van der Waals surface area contributed by atoms with Gasteiger partial charge in [-0.05, 0) is 32.9 Å². The average Bonchev–Trinajstić information content (AvgIpc) is 3.09. The summed E-state index contributed by atoms with van der Waals surface area (Å²) in [5.41, 5.74) is 0.861. The summed E-state index contributed by atoms with van der Waals surface area (Å²) in [6.45, 7) is 8.43. The Morgan fingerprint density at radius 2 is 1.82 bits per heavy atom.